The van der Waals surface area contributed by atoms with Gasteiger partial charge in [-0.05, 0) is 54.6 Å². The van der Waals surface area contributed by atoms with E-state index in [-0.39, 0.29) is 16.3 Å². The number of methoxy groups -OCH3 is 1. The summed E-state index contributed by atoms with van der Waals surface area (Å²) in [6.45, 7) is 0. The molecule has 0 spiro atoms. The van der Waals surface area contributed by atoms with Gasteiger partial charge in [0.1, 0.15) is 16.3 Å². The van der Waals surface area contributed by atoms with Crippen molar-refractivity contribution in [3.63, 3.8) is 0 Å². The van der Waals surface area contributed by atoms with Gasteiger partial charge in [-0.1, -0.05) is 0 Å². The van der Waals surface area contributed by atoms with E-state index in [1.165, 1.54) is 13.2 Å². The summed E-state index contributed by atoms with van der Waals surface area (Å²) in [5, 5.41) is 8.58. The molecule has 1 heterocycles. The average molecular weight is 395 g/mol. The Labute approximate surface area is 153 Å². The number of nitrogens with zero attached hydrogens (tertiary/aromatic N) is 2. The summed E-state index contributed by atoms with van der Waals surface area (Å²) in [7, 11) is -2.53. The highest BCUT2D eigenvalue weighted by atomic mass is 32.2. The Morgan fingerprint density at radius 3 is 2.26 bits per heavy atom. The lowest BCUT2D eigenvalue weighted by Gasteiger charge is -2.07. The van der Waals surface area contributed by atoms with Crippen LogP contribution in [0.3, 0.4) is 0 Å². The van der Waals surface area contributed by atoms with Gasteiger partial charge in [0.15, 0.2) is 5.69 Å². The Morgan fingerprint density at radius 2 is 1.78 bits per heavy atom. The molecule has 2 N–H and O–H groups in total. The normalized spacial score (nSPS) is 11.9. The minimum Gasteiger partial charge on any atom is -0.497 e. The summed E-state index contributed by atoms with van der Waals surface area (Å²) < 4.78 is 68.1. The van der Waals surface area contributed by atoms with Gasteiger partial charge in [-0.3, -0.25) is 0 Å². The van der Waals surface area contributed by atoms with Gasteiger partial charge in [-0.25, -0.2) is 18.2 Å². The van der Waals surface area contributed by atoms with Crippen molar-refractivity contribution in [2.45, 2.75) is 11.1 Å². The van der Waals surface area contributed by atoms with Gasteiger partial charge >= 0.3 is 6.18 Å². The topological polar surface area (TPSA) is 87.2 Å². The van der Waals surface area contributed by atoms with Crippen LogP contribution in [0.5, 0.6) is 5.75 Å². The molecule has 1 aromatic heterocycles. The van der Waals surface area contributed by atoms with Crippen molar-refractivity contribution in [2.75, 3.05) is 7.11 Å². The number of sulfonamides is 1. The number of alkyl halides is 3. The standard InChI is InChI=1S/C17H12F3N3O3S/c1-26-13-6-2-11(3-7-13)15-10-16(17(18,19)20)22-23(15)12-4-8-14(9-5-12)27(21,24)25/h2-4,6-8,10H,1H3,(H2,21,24,25). The third-order valence-electron chi connectivity index (χ3n) is 3.63. The van der Waals surface area contributed by atoms with E-state index in [1.807, 2.05) is 0 Å². The first-order valence-corrected chi connectivity index (χ1v) is 8.93. The molecule has 0 saturated carbocycles. The summed E-state index contributed by atoms with van der Waals surface area (Å²) in [6.07, 6.45) is -4.66. The van der Waals surface area contributed by atoms with Gasteiger partial charge in [0.05, 0.1) is 12.8 Å². The largest absolute Gasteiger partial charge is 0.497 e. The molecule has 0 atom stereocenters. The highest BCUT2D eigenvalue weighted by molar-refractivity contribution is 7.89. The van der Waals surface area contributed by atoms with Gasteiger partial charge in [0.2, 0.25) is 10.0 Å². The van der Waals surface area contributed by atoms with E-state index in [9.17, 15) is 21.6 Å². The second-order valence-electron chi connectivity index (χ2n) is 5.43. The van der Waals surface area contributed by atoms with Crippen molar-refractivity contribution >= 4 is 10.0 Å². The minimum atomic E-state index is -4.66. The molecule has 0 unspecified atom stereocenters. The zero-order chi connectivity index (χ0) is 19.8. The number of nitrogens with two attached hydrogens (primary N) is 1. The number of primary sulfonamides is 1. The fourth-order valence-corrected chi connectivity index (χ4v) is 2.77. The first-order valence-electron chi connectivity index (χ1n) is 7.38. The third kappa shape index (κ3) is 3.89. The van der Waals surface area contributed by atoms with E-state index in [0.29, 0.717) is 11.3 Å². The highest BCUT2D eigenvalue weighted by Gasteiger charge is 2.35. The van der Waals surface area contributed by atoms with Crippen molar-refractivity contribution in [3.8, 4) is 22.7 Å². The molecule has 0 fully saturated rings. The monoisotopic (exact) mass is 395 g/mol. The molecule has 0 saturated heterocycles. The number of rotatable bonds is 4. The highest BCUT2D eigenvalue weighted by Crippen LogP contribution is 2.33. The first-order chi connectivity index (χ1) is 12.6. The molecule has 6 nitrogen and oxygen atoms in total. The minimum absolute atomic E-state index is 0.0729. The maximum absolute atomic E-state index is 13.1. The molecule has 140 valence electrons. The fraction of sp³-hybridized carbons (Fsp3) is 0.118. The van der Waals surface area contributed by atoms with Crippen LogP contribution in [-0.4, -0.2) is 25.3 Å². The average Bonchev–Trinajstić information content (AvgIpc) is 3.07. The van der Waals surface area contributed by atoms with Crippen molar-refractivity contribution in [1.29, 1.82) is 0 Å². The molecule has 0 aliphatic heterocycles. The molecular formula is C17H12F3N3O3S. The van der Waals surface area contributed by atoms with Crippen LogP contribution in [0.4, 0.5) is 13.2 Å². The van der Waals surface area contributed by atoms with Gasteiger partial charge in [0.25, 0.3) is 0 Å². The lowest BCUT2D eigenvalue weighted by atomic mass is 10.1. The molecule has 2 aromatic carbocycles. The Hall–Kier alpha value is -3.03. The summed E-state index contributed by atoms with van der Waals surface area (Å²) in [4.78, 5) is -0.333. The maximum Gasteiger partial charge on any atom is 0.435 e. The van der Waals surface area contributed by atoms with E-state index in [2.05, 4.69) is 17.2 Å². The number of halogens is 3. The van der Waals surface area contributed by atoms with E-state index in [1.54, 1.807) is 24.3 Å². The van der Waals surface area contributed by atoms with Crippen LogP contribution in [0.1, 0.15) is 5.69 Å². The summed E-state index contributed by atoms with van der Waals surface area (Å²) in [6, 6.07) is 14.4. The Balaban J connectivity index is 2.14. The number of aromatic nitrogens is 2. The smallest absolute Gasteiger partial charge is 0.435 e. The van der Waals surface area contributed by atoms with Crippen LogP contribution in [0.2, 0.25) is 0 Å². The van der Waals surface area contributed by atoms with Gasteiger partial charge in [-0.15, -0.1) is 0 Å². The third-order valence-corrected chi connectivity index (χ3v) is 4.48. The van der Waals surface area contributed by atoms with E-state index >= 15 is 0 Å². The summed E-state index contributed by atoms with van der Waals surface area (Å²) in [5.74, 6) is 0.540. The van der Waals surface area contributed by atoms with E-state index in [4.69, 9.17) is 9.88 Å². The number of benzene rings is 1. The fourth-order valence-electron chi connectivity index (χ4n) is 2.32. The molecule has 0 amide bonds. The summed E-state index contributed by atoms with van der Waals surface area (Å²) >= 11 is 0. The van der Waals surface area contributed by atoms with Crippen LogP contribution in [0, 0.1) is 12.1 Å². The summed E-state index contributed by atoms with van der Waals surface area (Å²) in [5.41, 5.74) is -0.443. The SMILES string of the molecule is COc1ccc(-c2cc(C(F)(F)F)nn2-c2c#cc(S(N)(=O)=O)cc2)cc1. The second-order valence-corrected chi connectivity index (χ2v) is 6.96. The zero-order valence-electron chi connectivity index (χ0n) is 13.8. The zero-order valence-corrected chi connectivity index (χ0v) is 14.6. The van der Waals surface area contributed by atoms with Gasteiger partial charge < -0.3 is 4.74 Å². The lowest BCUT2D eigenvalue weighted by molar-refractivity contribution is -0.141. The molecule has 27 heavy (non-hydrogen) atoms. The molecule has 10 heteroatoms. The van der Waals surface area contributed by atoms with Crippen LogP contribution >= 0.6 is 0 Å². The lowest BCUT2D eigenvalue weighted by Crippen LogP contribution is -2.11. The quantitative estimate of drug-likeness (QED) is 0.736. The van der Waals surface area contributed by atoms with Crippen LogP contribution in [-0.2, 0) is 16.2 Å². The van der Waals surface area contributed by atoms with E-state index < -0.39 is 21.9 Å². The van der Waals surface area contributed by atoms with E-state index in [0.717, 1.165) is 16.8 Å². The number of hydrogen-bond acceptors (Lipinski definition) is 4. The number of hydrogen-bond donors (Lipinski definition) is 1. The van der Waals surface area contributed by atoms with Gasteiger partial charge in [-0.2, -0.15) is 18.3 Å². The van der Waals surface area contributed by atoms with Crippen LogP contribution in [0.15, 0.2) is 47.4 Å². The molecule has 3 rings (SSSR count). The molecular weight excluding hydrogens is 383 g/mol. The predicted octanol–water partition coefficient (Wildman–Crippen LogP) is 2.81. The van der Waals surface area contributed by atoms with Crippen molar-refractivity contribution in [2.24, 2.45) is 5.14 Å². The molecule has 0 aliphatic rings. The van der Waals surface area contributed by atoms with Crippen LogP contribution < -0.4 is 9.88 Å². The molecule has 0 radical (unpaired) electrons. The van der Waals surface area contributed by atoms with Gasteiger partial charge in [0, 0.05) is 5.56 Å². The molecule has 0 bridgehead atoms. The first kappa shape index (κ1) is 18.8. The number of ether oxygens (including phenoxy) is 1. The maximum atomic E-state index is 13.1. The predicted molar refractivity (Wildman–Crippen MR) is 89.6 cm³/mol. The van der Waals surface area contributed by atoms with Crippen LogP contribution in [0.25, 0.3) is 16.9 Å². The Kier molecular flexibility index (Phi) is 4.59. The molecule has 0 aliphatic carbocycles. The Morgan fingerprint density at radius 1 is 1.11 bits per heavy atom. The van der Waals surface area contributed by atoms with Crippen molar-refractivity contribution < 1.29 is 26.3 Å². The Bertz CT molecular complexity index is 1060. The van der Waals surface area contributed by atoms with Crippen molar-refractivity contribution in [3.05, 3.63) is 60.3 Å². The molecule has 3 aromatic rings. The second kappa shape index (κ2) is 6.61. The van der Waals surface area contributed by atoms with Crippen molar-refractivity contribution in [1.82, 2.24) is 9.78 Å².